The molecule has 0 radical (unpaired) electrons. The molecule has 20 heavy (non-hydrogen) atoms. The first-order chi connectivity index (χ1) is 9.78. The van der Waals surface area contributed by atoms with Crippen molar-refractivity contribution in [3.05, 3.63) is 59.4 Å². The molecule has 102 valence electrons. The van der Waals surface area contributed by atoms with Crippen LogP contribution in [0.25, 0.3) is 0 Å². The minimum absolute atomic E-state index is 0.142. The molecular weight excluding hydrogens is 272 g/mol. The summed E-state index contributed by atoms with van der Waals surface area (Å²) in [5.41, 5.74) is 8.88. The molecular formula is C15H15ClN4. The van der Waals surface area contributed by atoms with E-state index in [1.54, 1.807) is 6.20 Å². The van der Waals surface area contributed by atoms with E-state index in [9.17, 15) is 0 Å². The van der Waals surface area contributed by atoms with Gasteiger partial charge in [-0.05, 0) is 35.9 Å². The van der Waals surface area contributed by atoms with Crippen LogP contribution in [0.2, 0.25) is 5.02 Å². The molecule has 5 heteroatoms. The van der Waals surface area contributed by atoms with Crippen LogP contribution < -0.4 is 10.7 Å². The van der Waals surface area contributed by atoms with Gasteiger partial charge in [-0.15, -0.1) is 0 Å². The fourth-order valence-corrected chi connectivity index (χ4v) is 2.49. The predicted octanol–water partition coefficient (Wildman–Crippen LogP) is 3.00. The van der Waals surface area contributed by atoms with Gasteiger partial charge in [0.2, 0.25) is 0 Å². The van der Waals surface area contributed by atoms with Crippen LogP contribution in [0, 0.1) is 0 Å². The van der Waals surface area contributed by atoms with Crippen LogP contribution in [-0.4, -0.2) is 17.2 Å². The average Bonchev–Trinajstić information content (AvgIpc) is 2.93. The molecule has 0 aliphatic carbocycles. The highest BCUT2D eigenvalue weighted by molar-refractivity contribution is 6.30. The van der Waals surface area contributed by atoms with Crippen molar-refractivity contribution in [1.29, 1.82) is 0 Å². The lowest BCUT2D eigenvalue weighted by Crippen LogP contribution is -2.18. The fourth-order valence-electron chi connectivity index (χ4n) is 2.36. The molecule has 2 N–H and O–H groups in total. The normalized spacial score (nSPS) is 18.2. The van der Waals surface area contributed by atoms with Gasteiger partial charge in [0.1, 0.15) is 0 Å². The van der Waals surface area contributed by atoms with E-state index < -0.39 is 0 Å². The number of hydrogen-bond donors (Lipinski definition) is 1. The standard InChI is InChI=1S/C15H15ClN4/c16-12-3-5-14(6-4-12)20-15(8-13(9-17)19-20)11-2-1-7-18-10-11/h1-7,10,15H,8-9,17H2. The summed E-state index contributed by atoms with van der Waals surface area (Å²) >= 11 is 5.94. The van der Waals surface area contributed by atoms with Gasteiger partial charge in [0, 0.05) is 30.4 Å². The smallest absolute Gasteiger partial charge is 0.0843 e. The third-order valence-electron chi connectivity index (χ3n) is 3.37. The zero-order valence-corrected chi connectivity index (χ0v) is 11.7. The van der Waals surface area contributed by atoms with Crippen molar-refractivity contribution in [1.82, 2.24) is 4.98 Å². The van der Waals surface area contributed by atoms with E-state index >= 15 is 0 Å². The molecule has 1 unspecified atom stereocenters. The van der Waals surface area contributed by atoms with E-state index in [0.29, 0.717) is 11.6 Å². The Kier molecular flexibility index (Phi) is 3.67. The second kappa shape index (κ2) is 5.61. The zero-order chi connectivity index (χ0) is 13.9. The van der Waals surface area contributed by atoms with Gasteiger partial charge in [0.25, 0.3) is 0 Å². The molecule has 1 aromatic carbocycles. The molecule has 2 aromatic rings. The number of anilines is 1. The molecule has 0 spiro atoms. The molecule has 3 rings (SSSR count). The lowest BCUT2D eigenvalue weighted by molar-refractivity contribution is 0.705. The van der Waals surface area contributed by atoms with Gasteiger partial charge in [-0.2, -0.15) is 5.10 Å². The van der Waals surface area contributed by atoms with Gasteiger partial charge in [-0.25, -0.2) is 0 Å². The third kappa shape index (κ3) is 2.53. The number of hydrogen-bond acceptors (Lipinski definition) is 4. The first-order valence-corrected chi connectivity index (χ1v) is 6.87. The van der Waals surface area contributed by atoms with E-state index in [2.05, 4.69) is 16.2 Å². The number of hydrazone groups is 1. The summed E-state index contributed by atoms with van der Waals surface area (Å²) in [6.07, 6.45) is 4.48. The summed E-state index contributed by atoms with van der Waals surface area (Å²) in [6.45, 7) is 0.473. The molecule has 0 saturated heterocycles. The molecule has 4 nitrogen and oxygen atoms in total. The van der Waals surface area contributed by atoms with Crippen LogP contribution in [0.3, 0.4) is 0 Å². The van der Waals surface area contributed by atoms with E-state index in [-0.39, 0.29) is 6.04 Å². The number of pyridine rings is 1. The maximum atomic E-state index is 5.94. The van der Waals surface area contributed by atoms with E-state index in [0.717, 1.165) is 23.4 Å². The minimum atomic E-state index is 0.142. The van der Waals surface area contributed by atoms with Crippen LogP contribution in [0.5, 0.6) is 0 Å². The number of aromatic nitrogens is 1. The maximum Gasteiger partial charge on any atom is 0.0843 e. The van der Waals surface area contributed by atoms with Crippen molar-refractivity contribution in [2.45, 2.75) is 12.5 Å². The van der Waals surface area contributed by atoms with E-state index in [4.69, 9.17) is 17.3 Å². The SMILES string of the molecule is NCC1=NN(c2ccc(Cl)cc2)C(c2cccnc2)C1. The van der Waals surface area contributed by atoms with Crippen LogP contribution in [-0.2, 0) is 0 Å². The molecule has 1 aromatic heterocycles. The summed E-state index contributed by atoms with van der Waals surface area (Å²) in [5.74, 6) is 0. The molecule has 1 aliphatic rings. The Labute approximate surface area is 122 Å². The summed E-state index contributed by atoms with van der Waals surface area (Å²) in [6, 6.07) is 11.8. The molecule has 0 fully saturated rings. The quantitative estimate of drug-likeness (QED) is 0.944. The highest BCUT2D eigenvalue weighted by Gasteiger charge is 2.28. The Hall–Kier alpha value is -1.91. The number of nitrogens with zero attached hydrogens (tertiary/aromatic N) is 3. The topological polar surface area (TPSA) is 54.5 Å². The third-order valence-corrected chi connectivity index (χ3v) is 3.62. The van der Waals surface area contributed by atoms with Crippen molar-refractivity contribution in [3.63, 3.8) is 0 Å². The number of nitrogens with two attached hydrogens (primary N) is 1. The predicted molar refractivity (Wildman–Crippen MR) is 82.0 cm³/mol. The lowest BCUT2D eigenvalue weighted by Gasteiger charge is -2.23. The number of rotatable bonds is 3. The van der Waals surface area contributed by atoms with Crippen LogP contribution in [0.15, 0.2) is 53.9 Å². The molecule has 1 aliphatic heterocycles. The number of benzene rings is 1. The largest absolute Gasteiger partial charge is 0.325 e. The van der Waals surface area contributed by atoms with Crippen molar-refractivity contribution in [3.8, 4) is 0 Å². The van der Waals surface area contributed by atoms with Crippen LogP contribution in [0.4, 0.5) is 5.69 Å². The Balaban J connectivity index is 1.96. The Morgan fingerprint density at radius 1 is 1.25 bits per heavy atom. The van der Waals surface area contributed by atoms with Gasteiger partial charge in [-0.1, -0.05) is 17.7 Å². The maximum absolute atomic E-state index is 5.94. The van der Waals surface area contributed by atoms with Crippen LogP contribution >= 0.6 is 11.6 Å². The first-order valence-electron chi connectivity index (χ1n) is 6.49. The summed E-state index contributed by atoms with van der Waals surface area (Å²) in [4.78, 5) is 4.19. The first kappa shape index (κ1) is 13.1. The monoisotopic (exact) mass is 286 g/mol. The second-order valence-electron chi connectivity index (χ2n) is 4.70. The molecule has 0 amide bonds. The molecule has 0 bridgehead atoms. The summed E-state index contributed by atoms with van der Waals surface area (Å²) < 4.78 is 0. The van der Waals surface area contributed by atoms with Gasteiger partial charge in [0.05, 0.1) is 17.4 Å². The Bertz CT molecular complexity index is 610. The van der Waals surface area contributed by atoms with Crippen molar-refractivity contribution in [2.75, 3.05) is 11.6 Å². The lowest BCUT2D eigenvalue weighted by atomic mass is 10.0. The van der Waals surface area contributed by atoms with Crippen molar-refractivity contribution >= 4 is 23.0 Å². The van der Waals surface area contributed by atoms with Gasteiger partial charge >= 0.3 is 0 Å². The van der Waals surface area contributed by atoms with Crippen LogP contribution in [0.1, 0.15) is 18.0 Å². The molecule has 2 heterocycles. The highest BCUT2D eigenvalue weighted by atomic mass is 35.5. The van der Waals surface area contributed by atoms with Crippen molar-refractivity contribution in [2.24, 2.45) is 10.8 Å². The fraction of sp³-hybridized carbons (Fsp3) is 0.200. The molecule has 0 saturated carbocycles. The van der Waals surface area contributed by atoms with Gasteiger partial charge in [0.15, 0.2) is 0 Å². The highest BCUT2D eigenvalue weighted by Crippen LogP contribution is 2.34. The Morgan fingerprint density at radius 2 is 2.05 bits per heavy atom. The van der Waals surface area contributed by atoms with Crippen molar-refractivity contribution < 1.29 is 0 Å². The average molecular weight is 287 g/mol. The zero-order valence-electron chi connectivity index (χ0n) is 10.9. The van der Waals surface area contributed by atoms with Gasteiger partial charge in [-0.3, -0.25) is 9.99 Å². The summed E-state index contributed by atoms with van der Waals surface area (Å²) in [7, 11) is 0. The second-order valence-corrected chi connectivity index (χ2v) is 5.13. The minimum Gasteiger partial charge on any atom is -0.325 e. The Morgan fingerprint density at radius 3 is 2.70 bits per heavy atom. The van der Waals surface area contributed by atoms with E-state index in [1.165, 1.54) is 0 Å². The summed E-state index contributed by atoms with van der Waals surface area (Å²) in [5, 5.41) is 7.33. The number of halogens is 1. The van der Waals surface area contributed by atoms with E-state index in [1.807, 2.05) is 41.5 Å². The molecule has 1 atom stereocenters. The van der Waals surface area contributed by atoms with Gasteiger partial charge < -0.3 is 5.73 Å².